The van der Waals surface area contributed by atoms with Crippen molar-refractivity contribution in [3.63, 3.8) is 0 Å². The first kappa shape index (κ1) is 15.6. The molecule has 0 aliphatic rings. The number of rotatable bonds is 3. The van der Waals surface area contributed by atoms with Crippen molar-refractivity contribution in [1.82, 2.24) is 4.98 Å². The highest BCUT2D eigenvalue weighted by Crippen LogP contribution is 2.12. The van der Waals surface area contributed by atoms with Crippen molar-refractivity contribution < 1.29 is 0 Å². The van der Waals surface area contributed by atoms with Crippen LogP contribution >= 0.6 is 24.0 Å². The van der Waals surface area contributed by atoms with Crippen molar-refractivity contribution >= 4 is 35.8 Å². The van der Waals surface area contributed by atoms with E-state index in [1.807, 2.05) is 26.0 Å². The second-order valence-corrected chi connectivity index (χ2v) is 4.04. The lowest BCUT2D eigenvalue weighted by Crippen LogP contribution is -2.25. The molecule has 3 N–H and O–H groups in total. The zero-order valence-electron chi connectivity index (χ0n) is 9.84. The van der Waals surface area contributed by atoms with Gasteiger partial charge in [-0.15, -0.1) is 24.0 Å². The Kier molecular flexibility index (Phi) is 6.50. The van der Waals surface area contributed by atoms with E-state index in [1.54, 1.807) is 12.3 Å². The van der Waals surface area contributed by atoms with E-state index in [4.69, 9.17) is 11.0 Å². The Balaban J connectivity index is 0.00000256. The molecule has 0 spiro atoms. The average Bonchev–Trinajstić information content (AvgIpc) is 2.28. The Labute approximate surface area is 118 Å². The summed E-state index contributed by atoms with van der Waals surface area (Å²) >= 11 is 0. The zero-order valence-corrected chi connectivity index (χ0v) is 12.2. The highest BCUT2D eigenvalue weighted by molar-refractivity contribution is 14.0. The van der Waals surface area contributed by atoms with Gasteiger partial charge in [0.25, 0.3) is 0 Å². The molecule has 0 saturated carbocycles. The van der Waals surface area contributed by atoms with Crippen molar-refractivity contribution in [1.29, 1.82) is 5.26 Å². The number of nitrogens with zero attached hydrogens (tertiary/aromatic N) is 3. The maximum atomic E-state index is 8.80. The molecule has 0 aliphatic carbocycles. The van der Waals surface area contributed by atoms with Crippen LogP contribution in [0.25, 0.3) is 0 Å². The van der Waals surface area contributed by atoms with Crippen LogP contribution in [0.3, 0.4) is 0 Å². The quantitative estimate of drug-likeness (QED) is 0.498. The van der Waals surface area contributed by atoms with Crippen molar-refractivity contribution in [2.45, 2.75) is 13.8 Å². The third-order valence-corrected chi connectivity index (χ3v) is 1.87. The molecule has 1 rings (SSSR count). The Bertz CT molecular complexity index is 408. The lowest BCUT2D eigenvalue weighted by atomic mass is 9.96. The summed E-state index contributed by atoms with van der Waals surface area (Å²) in [7, 11) is 0. The third kappa shape index (κ3) is 6.06. The van der Waals surface area contributed by atoms with Crippen LogP contribution in [-0.4, -0.2) is 17.5 Å². The summed E-state index contributed by atoms with van der Waals surface area (Å²) in [4.78, 5) is 8.13. The summed E-state index contributed by atoms with van der Waals surface area (Å²) < 4.78 is 0. The molecule has 0 atom stereocenters. The number of nitrogens with one attached hydrogen (secondary N) is 1. The fourth-order valence-electron chi connectivity index (χ4n) is 0.926. The molecule has 0 amide bonds. The van der Waals surface area contributed by atoms with Crippen molar-refractivity contribution in [2.75, 3.05) is 11.9 Å². The van der Waals surface area contributed by atoms with Crippen LogP contribution in [0.1, 0.15) is 13.8 Å². The minimum absolute atomic E-state index is 0. The van der Waals surface area contributed by atoms with Crippen LogP contribution in [0.15, 0.2) is 29.4 Å². The number of hydrogen-bond acceptors (Lipinski definition) is 3. The van der Waals surface area contributed by atoms with E-state index in [1.165, 1.54) is 0 Å². The second-order valence-electron chi connectivity index (χ2n) is 4.04. The minimum atomic E-state index is -0.504. The van der Waals surface area contributed by atoms with Crippen LogP contribution < -0.4 is 11.1 Å². The Morgan fingerprint density at radius 2 is 2.29 bits per heavy atom. The number of hydrogen-bond donors (Lipinski definition) is 2. The van der Waals surface area contributed by atoms with E-state index in [2.05, 4.69) is 21.4 Å². The number of nitrogens with two attached hydrogens (primary N) is 1. The number of nitriles is 1. The Morgan fingerprint density at radius 3 is 2.82 bits per heavy atom. The number of anilines is 1. The normalized spacial score (nSPS) is 11.2. The topological polar surface area (TPSA) is 87.1 Å². The van der Waals surface area contributed by atoms with Gasteiger partial charge in [-0.2, -0.15) is 5.26 Å². The maximum absolute atomic E-state index is 8.80. The van der Waals surface area contributed by atoms with Crippen molar-refractivity contribution in [3.05, 3.63) is 24.4 Å². The molecule has 0 aliphatic heterocycles. The third-order valence-electron chi connectivity index (χ3n) is 1.87. The first-order valence-corrected chi connectivity index (χ1v) is 4.93. The van der Waals surface area contributed by atoms with Gasteiger partial charge in [0.05, 0.1) is 18.0 Å². The molecule has 0 aromatic carbocycles. The number of pyridine rings is 1. The zero-order chi connectivity index (χ0) is 12.0. The molecular weight excluding hydrogens is 329 g/mol. The van der Waals surface area contributed by atoms with Gasteiger partial charge in [-0.3, -0.25) is 4.99 Å². The molecule has 0 saturated heterocycles. The maximum Gasteiger partial charge on any atom is 0.194 e. The molecule has 1 heterocycles. The largest absolute Gasteiger partial charge is 0.370 e. The van der Waals surface area contributed by atoms with Gasteiger partial charge in [-0.25, -0.2) is 4.98 Å². The molecule has 1 aromatic rings. The van der Waals surface area contributed by atoms with Gasteiger partial charge < -0.3 is 11.1 Å². The molecule has 1 aromatic heterocycles. The highest BCUT2D eigenvalue weighted by atomic mass is 127. The fourth-order valence-corrected chi connectivity index (χ4v) is 0.926. The lowest BCUT2D eigenvalue weighted by Gasteiger charge is -2.12. The van der Waals surface area contributed by atoms with Crippen LogP contribution in [0.2, 0.25) is 0 Å². The number of guanidine groups is 1. The predicted molar refractivity (Wildman–Crippen MR) is 79.2 cm³/mol. The van der Waals surface area contributed by atoms with Gasteiger partial charge in [0.1, 0.15) is 5.82 Å². The fraction of sp³-hybridized carbons (Fsp3) is 0.364. The summed E-state index contributed by atoms with van der Waals surface area (Å²) in [6.07, 6.45) is 1.66. The van der Waals surface area contributed by atoms with E-state index >= 15 is 0 Å². The Hall–Kier alpha value is -1.36. The van der Waals surface area contributed by atoms with Crippen LogP contribution in [0, 0.1) is 16.7 Å². The molecule has 0 radical (unpaired) electrons. The van der Waals surface area contributed by atoms with Crippen LogP contribution in [0.5, 0.6) is 0 Å². The van der Waals surface area contributed by atoms with Gasteiger partial charge in [-0.05, 0) is 26.0 Å². The SMILES string of the molecule is CC(C)(C#N)CN=C(N)Nc1ccccn1.I. The van der Waals surface area contributed by atoms with Gasteiger partial charge in [-0.1, -0.05) is 6.07 Å². The van der Waals surface area contributed by atoms with E-state index in [0.29, 0.717) is 12.4 Å². The number of aromatic nitrogens is 1. The summed E-state index contributed by atoms with van der Waals surface area (Å²) in [5, 5.41) is 11.6. The lowest BCUT2D eigenvalue weighted by molar-refractivity contribution is 0.512. The molecule has 17 heavy (non-hydrogen) atoms. The molecule has 0 bridgehead atoms. The summed E-state index contributed by atoms with van der Waals surface area (Å²) in [6.45, 7) is 3.98. The number of halogens is 1. The van der Waals surface area contributed by atoms with Gasteiger partial charge in [0, 0.05) is 6.20 Å². The van der Waals surface area contributed by atoms with E-state index in [9.17, 15) is 0 Å². The Morgan fingerprint density at radius 1 is 1.59 bits per heavy atom. The first-order valence-electron chi connectivity index (χ1n) is 4.93. The van der Waals surface area contributed by atoms with E-state index < -0.39 is 5.41 Å². The number of aliphatic imine (C=N–C) groups is 1. The predicted octanol–water partition coefficient (Wildman–Crippen LogP) is 1.98. The van der Waals surface area contributed by atoms with Gasteiger partial charge in [0.15, 0.2) is 5.96 Å². The summed E-state index contributed by atoms with van der Waals surface area (Å²) in [5.74, 6) is 0.903. The molecule has 0 fully saturated rings. The molecule has 0 unspecified atom stereocenters. The second kappa shape index (κ2) is 7.06. The standard InChI is InChI=1S/C11H15N5.HI/c1-11(2,7-12)8-15-10(13)16-9-5-3-4-6-14-9;/h3-6H,8H2,1-2H3,(H3,13,14,15,16);1H. The van der Waals surface area contributed by atoms with Gasteiger partial charge >= 0.3 is 0 Å². The monoisotopic (exact) mass is 345 g/mol. The highest BCUT2D eigenvalue weighted by Gasteiger charge is 2.15. The molecule has 92 valence electrons. The van der Waals surface area contributed by atoms with Crippen LogP contribution in [0.4, 0.5) is 5.82 Å². The minimum Gasteiger partial charge on any atom is -0.370 e. The van der Waals surface area contributed by atoms with Crippen molar-refractivity contribution in [2.24, 2.45) is 16.1 Å². The smallest absolute Gasteiger partial charge is 0.194 e. The molecular formula is C11H16IN5. The molecule has 6 heteroatoms. The first-order chi connectivity index (χ1) is 7.53. The molecule has 5 nitrogen and oxygen atoms in total. The van der Waals surface area contributed by atoms with E-state index in [-0.39, 0.29) is 29.9 Å². The van der Waals surface area contributed by atoms with E-state index in [0.717, 1.165) is 0 Å². The van der Waals surface area contributed by atoms with Crippen molar-refractivity contribution in [3.8, 4) is 6.07 Å². The average molecular weight is 345 g/mol. The van der Waals surface area contributed by atoms with Gasteiger partial charge in [0.2, 0.25) is 0 Å². The summed E-state index contributed by atoms with van der Waals surface area (Å²) in [5.41, 5.74) is 5.15. The van der Waals surface area contributed by atoms with Crippen LogP contribution in [-0.2, 0) is 0 Å². The summed E-state index contributed by atoms with van der Waals surface area (Å²) in [6, 6.07) is 7.61.